The molecule has 1 fully saturated rings. The Morgan fingerprint density at radius 1 is 1.13 bits per heavy atom. The molecule has 0 radical (unpaired) electrons. The largest absolute Gasteiger partial charge is 0.394 e. The fourth-order valence-corrected chi connectivity index (χ4v) is 2.51. The van der Waals surface area contributed by atoms with Crippen molar-refractivity contribution in [3.63, 3.8) is 0 Å². The first-order chi connectivity index (χ1) is 7.04. The van der Waals surface area contributed by atoms with Crippen LogP contribution < -0.4 is 0 Å². The molecule has 15 heavy (non-hydrogen) atoms. The number of hydrogen-bond donors (Lipinski definition) is 1. The third-order valence-electron chi connectivity index (χ3n) is 3.66. The molecule has 0 bridgehead atoms. The van der Waals surface area contributed by atoms with Gasteiger partial charge in [0.2, 0.25) is 0 Å². The van der Waals surface area contributed by atoms with Crippen molar-refractivity contribution in [1.82, 2.24) is 0 Å². The van der Waals surface area contributed by atoms with Gasteiger partial charge in [0.1, 0.15) is 0 Å². The van der Waals surface area contributed by atoms with Gasteiger partial charge in [-0.05, 0) is 42.9 Å². The summed E-state index contributed by atoms with van der Waals surface area (Å²) >= 11 is 0. The van der Waals surface area contributed by atoms with E-state index in [1.807, 2.05) is 0 Å². The van der Waals surface area contributed by atoms with E-state index in [9.17, 15) is 0 Å². The van der Waals surface area contributed by atoms with Crippen LogP contribution in [0.5, 0.6) is 0 Å². The summed E-state index contributed by atoms with van der Waals surface area (Å²) in [6, 6.07) is 0. The normalized spacial score (nSPS) is 28.0. The zero-order chi connectivity index (χ0) is 11.3. The van der Waals surface area contributed by atoms with Crippen molar-refractivity contribution in [2.45, 2.75) is 46.5 Å². The van der Waals surface area contributed by atoms with E-state index >= 15 is 0 Å². The Balaban J connectivity index is 2.18. The lowest BCUT2D eigenvalue weighted by molar-refractivity contribution is 0.0432. The zero-order valence-electron chi connectivity index (χ0n) is 10.5. The molecule has 90 valence electrons. The molecule has 0 heterocycles. The van der Waals surface area contributed by atoms with Gasteiger partial charge in [-0.25, -0.2) is 0 Å². The molecule has 0 atom stereocenters. The van der Waals surface area contributed by atoms with Crippen molar-refractivity contribution in [2.24, 2.45) is 17.3 Å². The SMILES string of the molecule is CC(C)(C)C1CCC(COCCO)CC1. The topological polar surface area (TPSA) is 29.5 Å². The first-order valence-corrected chi connectivity index (χ1v) is 6.22. The predicted molar refractivity (Wildman–Crippen MR) is 62.8 cm³/mol. The van der Waals surface area contributed by atoms with Crippen molar-refractivity contribution >= 4 is 0 Å². The van der Waals surface area contributed by atoms with E-state index in [1.54, 1.807) is 0 Å². The highest BCUT2D eigenvalue weighted by atomic mass is 16.5. The summed E-state index contributed by atoms with van der Waals surface area (Å²) in [5.41, 5.74) is 0.469. The van der Waals surface area contributed by atoms with Crippen LogP contribution in [-0.2, 0) is 4.74 Å². The maximum Gasteiger partial charge on any atom is 0.0697 e. The lowest BCUT2D eigenvalue weighted by Gasteiger charge is -2.36. The fraction of sp³-hybridized carbons (Fsp3) is 1.00. The second-order valence-electron chi connectivity index (χ2n) is 5.88. The van der Waals surface area contributed by atoms with Gasteiger partial charge in [0.05, 0.1) is 13.2 Å². The van der Waals surface area contributed by atoms with Gasteiger partial charge in [-0.2, -0.15) is 0 Å². The summed E-state index contributed by atoms with van der Waals surface area (Å²) in [6.07, 6.45) is 5.29. The van der Waals surface area contributed by atoms with Gasteiger partial charge < -0.3 is 9.84 Å². The second kappa shape index (κ2) is 5.86. The third kappa shape index (κ3) is 4.52. The molecule has 0 saturated heterocycles. The Morgan fingerprint density at radius 2 is 1.73 bits per heavy atom. The second-order valence-corrected chi connectivity index (χ2v) is 5.88. The minimum atomic E-state index is 0.150. The third-order valence-corrected chi connectivity index (χ3v) is 3.66. The average molecular weight is 214 g/mol. The van der Waals surface area contributed by atoms with E-state index in [2.05, 4.69) is 20.8 Å². The van der Waals surface area contributed by atoms with E-state index < -0.39 is 0 Å². The van der Waals surface area contributed by atoms with Gasteiger partial charge >= 0.3 is 0 Å². The summed E-state index contributed by atoms with van der Waals surface area (Å²) in [7, 11) is 0. The number of hydrogen-bond acceptors (Lipinski definition) is 2. The Kier molecular flexibility index (Phi) is 5.07. The summed E-state index contributed by atoms with van der Waals surface area (Å²) in [5.74, 6) is 1.61. The molecule has 1 rings (SSSR count). The molecule has 2 heteroatoms. The summed E-state index contributed by atoms with van der Waals surface area (Å²) in [6.45, 7) is 8.54. The van der Waals surface area contributed by atoms with Crippen LogP contribution in [0, 0.1) is 17.3 Å². The van der Waals surface area contributed by atoms with Crippen LogP contribution in [0.3, 0.4) is 0 Å². The quantitative estimate of drug-likeness (QED) is 0.729. The molecule has 1 aliphatic rings. The smallest absolute Gasteiger partial charge is 0.0697 e. The molecular formula is C13H26O2. The van der Waals surface area contributed by atoms with Crippen molar-refractivity contribution in [3.8, 4) is 0 Å². The van der Waals surface area contributed by atoms with Crippen LogP contribution in [-0.4, -0.2) is 24.9 Å². The number of aliphatic hydroxyl groups excluding tert-OH is 1. The molecule has 0 aromatic carbocycles. The molecule has 2 nitrogen and oxygen atoms in total. The van der Waals surface area contributed by atoms with Crippen molar-refractivity contribution in [2.75, 3.05) is 19.8 Å². The van der Waals surface area contributed by atoms with E-state index in [-0.39, 0.29) is 6.61 Å². The molecule has 1 N–H and O–H groups in total. The molecule has 0 unspecified atom stereocenters. The van der Waals surface area contributed by atoms with E-state index in [4.69, 9.17) is 9.84 Å². The van der Waals surface area contributed by atoms with Crippen LogP contribution in [0.25, 0.3) is 0 Å². The standard InChI is InChI=1S/C13H26O2/c1-13(2,3)12-6-4-11(5-7-12)10-15-9-8-14/h11-12,14H,4-10H2,1-3H3. The minimum Gasteiger partial charge on any atom is -0.394 e. The minimum absolute atomic E-state index is 0.150. The molecule has 0 aromatic heterocycles. The summed E-state index contributed by atoms with van der Waals surface area (Å²) in [4.78, 5) is 0. The van der Waals surface area contributed by atoms with Crippen LogP contribution in [0.4, 0.5) is 0 Å². The first kappa shape index (κ1) is 13.0. The zero-order valence-corrected chi connectivity index (χ0v) is 10.5. The molecular weight excluding hydrogens is 188 g/mol. The summed E-state index contributed by atoms with van der Waals surface area (Å²) in [5, 5.41) is 8.62. The lowest BCUT2D eigenvalue weighted by atomic mass is 9.70. The first-order valence-electron chi connectivity index (χ1n) is 6.22. The Bertz CT molecular complexity index is 164. The highest BCUT2D eigenvalue weighted by Gasteiger charge is 2.29. The molecule has 1 saturated carbocycles. The monoisotopic (exact) mass is 214 g/mol. The highest BCUT2D eigenvalue weighted by molar-refractivity contribution is 4.80. The Morgan fingerprint density at radius 3 is 2.20 bits per heavy atom. The lowest BCUT2D eigenvalue weighted by Crippen LogP contribution is -2.27. The summed E-state index contributed by atoms with van der Waals surface area (Å²) < 4.78 is 5.39. The Labute approximate surface area is 94.0 Å². The number of aliphatic hydroxyl groups is 1. The number of rotatable bonds is 4. The van der Waals surface area contributed by atoms with Gasteiger partial charge in [0, 0.05) is 6.61 Å². The van der Waals surface area contributed by atoms with Gasteiger partial charge in [0.25, 0.3) is 0 Å². The average Bonchev–Trinajstić information content (AvgIpc) is 2.18. The maximum atomic E-state index is 8.62. The predicted octanol–water partition coefficient (Wildman–Crippen LogP) is 2.85. The van der Waals surface area contributed by atoms with Crippen LogP contribution in [0.2, 0.25) is 0 Å². The van der Waals surface area contributed by atoms with Crippen molar-refractivity contribution in [1.29, 1.82) is 0 Å². The molecule has 0 amide bonds. The van der Waals surface area contributed by atoms with Crippen molar-refractivity contribution in [3.05, 3.63) is 0 Å². The molecule has 0 spiro atoms. The molecule has 1 aliphatic carbocycles. The maximum absolute atomic E-state index is 8.62. The van der Waals surface area contributed by atoms with E-state index in [1.165, 1.54) is 25.7 Å². The van der Waals surface area contributed by atoms with Crippen molar-refractivity contribution < 1.29 is 9.84 Å². The molecule has 0 aliphatic heterocycles. The highest BCUT2D eigenvalue weighted by Crippen LogP contribution is 2.39. The molecule has 0 aromatic rings. The van der Waals surface area contributed by atoms with Crippen LogP contribution >= 0.6 is 0 Å². The van der Waals surface area contributed by atoms with E-state index in [0.717, 1.165) is 18.4 Å². The van der Waals surface area contributed by atoms with Crippen LogP contribution in [0.15, 0.2) is 0 Å². The van der Waals surface area contributed by atoms with Gasteiger partial charge in [-0.3, -0.25) is 0 Å². The fourth-order valence-electron chi connectivity index (χ4n) is 2.51. The van der Waals surface area contributed by atoms with E-state index in [0.29, 0.717) is 12.0 Å². The number of ether oxygens (including phenoxy) is 1. The van der Waals surface area contributed by atoms with Gasteiger partial charge in [-0.15, -0.1) is 0 Å². The van der Waals surface area contributed by atoms with Gasteiger partial charge in [0.15, 0.2) is 0 Å². The van der Waals surface area contributed by atoms with Crippen LogP contribution in [0.1, 0.15) is 46.5 Å². The Hall–Kier alpha value is -0.0800. The van der Waals surface area contributed by atoms with Gasteiger partial charge in [-0.1, -0.05) is 20.8 Å².